The predicted octanol–water partition coefficient (Wildman–Crippen LogP) is 4.20. The highest BCUT2D eigenvalue weighted by Crippen LogP contribution is 2.34. The number of benzene rings is 1. The molecule has 2 amide bonds. The summed E-state index contributed by atoms with van der Waals surface area (Å²) in [5.41, 5.74) is 3.84. The number of amides is 2. The van der Waals surface area contributed by atoms with E-state index in [2.05, 4.69) is 43.9 Å². The maximum atomic E-state index is 11.9. The summed E-state index contributed by atoms with van der Waals surface area (Å²) in [6, 6.07) is 8.37. The van der Waals surface area contributed by atoms with Gasteiger partial charge in [-0.2, -0.15) is 0 Å². The molecular formula is C24H23ClN6O2S. The highest BCUT2D eigenvalue weighted by molar-refractivity contribution is 8.18. The summed E-state index contributed by atoms with van der Waals surface area (Å²) < 4.78 is 0. The smallest absolute Gasteiger partial charge is 0.290 e. The Morgan fingerprint density at radius 3 is 2.56 bits per heavy atom. The number of halogens is 1. The number of rotatable bonds is 4. The van der Waals surface area contributed by atoms with Crippen LogP contribution in [-0.2, 0) is 4.79 Å². The second-order valence-corrected chi connectivity index (χ2v) is 9.91. The Morgan fingerprint density at radius 2 is 1.88 bits per heavy atom. The van der Waals surface area contributed by atoms with Gasteiger partial charge in [0.2, 0.25) is 0 Å². The Hall–Kier alpha value is -3.01. The van der Waals surface area contributed by atoms with Crippen molar-refractivity contribution >= 4 is 57.2 Å². The van der Waals surface area contributed by atoms with Crippen LogP contribution in [0.15, 0.2) is 41.7 Å². The molecule has 0 saturated carbocycles. The zero-order valence-electron chi connectivity index (χ0n) is 18.8. The van der Waals surface area contributed by atoms with Gasteiger partial charge in [0.15, 0.2) is 0 Å². The van der Waals surface area contributed by atoms with Crippen LogP contribution in [0.5, 0.6) is 0 Å². The van der Waals surface area contributed by atoms with E-state index < -0.39 is 5.91 Å². The number of hydrogen-bond acceptors (Lipinski definition) is 8. The van der Waals surface area contributed by atoms with Gasteiger partial charge in [-0.3, -0.25) is 24.8 Å². The molecule has 5 rings (SSSR count). The standard InChI is InChI=1S/C24H23ClN6O2S/c1-14(2)30-5-7-31(8-6-30)20-4-3-15(9-18(20)25)22-17-10-16(26-12-19(17)27-13-28-22)11-21-23(32)29-24(33)34-21/h3-4,9-14H,5-8H2,1-2H3,(H,29,32,33). The normalized spacial score (nSPS) is 18.4. The minimum absolute atomic E-state index is 0.306. The molecule has 8 nitrogen and oxygen atoms in total. The molecule has 10 heteroatoms. The second-order valence-electron chi connectivity index (χ2n) is 8.48. The van der Waals surface area contributed by atoms with Gasteiger partial charge in [-0.15, -0.1) is 0 Å². The molecule has 0 spiro atoms. The first-order chi connectivity index (χ1) is 16.4. The lowest BCUT2D eigenvalue weighted by Gasteiger charge is -2.38. The topological polar surface area (TPSA) is 91.3 Å². The van der Waals surface area contributed by atoms with E-state index in [4.69, 9.17) is 11.6 Å². The fourth-order valence-electron chi connectivity index (χ4n) is 4.23. The second kappa shape index (κ2) is 9.32. The number of pyridine rings is 1. The predicted molar refractivity (Wildman–Crippen MR) is 136 cm³/mol. The van der Waals surface area contributed by atoms with Crippen LogP contribution < -0.4 is 10.2 Å². The van der Waals surface area contributed by atoms with Gasteiger partial charge in [0.1, 0.15) is 6.33 Å². The quantitative estimate of drug-likeness (QED) is 0.539. The van der Waals surface area contributed by atoms with E-state index >= 15 is 0 Å². The summed E-state index contributed by atoms with van der Waals surface area (Å²) in [6.45, 7) is 8.35. The molecule has 3 aromatic rings. The average molecular weight is 495 g/mol. The van der Waals surface area contributed by atoms with Gasteiger partial charge in [0.05, 0.1) is 38.7 Å². The van der Waals surface area contributed by atoms with Gasteiger partial charge in [-0.1, -0.05) is 17.7 Å². The van der Waals surface area contributed by atoms with Gasteiger partial charge in [-0.25, -0.2) is 9.97 Å². The van der Waals surface area contributed by atoms with Crippen molar-refractivity contribution < 1.29 is 9.59 Å². The molecule has 34 heavy (non-hydrogen) atoms. The van der Waals surface area contributed by atoms with Crippen molar-refractivity contribution in [3.8, 4) is 11.3 Å². The number of carbonyl (C=O) groups is 2. The lowest BCUT2D eigenvalue weighted by atomic mass is 10.1. The summed E-state index contributed by atoms with van der Waals surface area (Å²) in [5, 5.41) is 3.33. The third kappa shape index (κ3) is 4.51. The zero-order chi connectivity index (χ0) is 23.8. The van der Waals surface area contributed by atoms with E-state index in [9.17, 15) is 9.59 Å². The number of piperazine rings is 1. The molecule has 2 saturated heterocycles. The van der Waals surface area contributed by atoms with Crippen molar-refractivity contribution in [2.45, 2.75) is 19.9 Å². The minimum atomic E-state index is -0.418. The lowest BCUT2D eigenvalue weighted by molar-refractivity contribution is -0.115. The first-order valence-corrected chi connectivity index (χ1v) is 12.2. The van der Waals surface area contributed by atoms with Crippen molar-refractivity contribution in [2.24, 2.45) is 0 Å². The van der Waals surface area contributed by atoms with E-state index in [1.807, 2.05) is 24.3 Å². The molecule has 2 aliphatic heterocycles. The highest BCUT2D eigenvalue weighted by Gasteiger charge is 2.25. The van der Waals surface area contributed by atoms with Crippen molar-refractivity contribution in [1.29, 1.82) is 0 Å². The Kier molecular flexibility index (Phi) is 6.24. The van der Waals surface area contributed by atoms with E-state index in [-0.39, 0.29) is 5.24 Å². The van der Waals surface area contributed by atoms with Crippen LogP contribution in [-0.4, -0.2) is 63.2 Å². The minimum Gasteiger partial charge on any atom is -0.368 e. The van der Waals surface area contributed by atoms with E-state index in [0.29, 0.717) is 27.2 Å². The number of imide groups is 1. The van der Waals surface area contributed by atoms with E-state index in [0.717, 1.165) is 60.3 Å². The lowest BCUT2D eigenvalue weighted by Crippen LogP contribution is -2.49. The van der Waals surface area contributed by atoms with E-state index in [1.165, 1.54) is 6.33 Å². The summed E-state index contributed by atoms with van der Waals surface area (Å²) >= 11 is 7.60. The van der Waals surface area contributed by atoms with Crippen LogP contribution in [0.4, 0.5) is 10.5 Å². The molecule has 0 unspecified atom stereocenters. The molecule has 0 aliphatic carbocycles. The molecule has 174 valence electrons. The largest absolute Gasteiger partial charge is 0.368 e. The summed E-state index contributed by atoms with van der Waals surface area (Å²) in [5.74, 6) is -0.418. The van der Waals surface area contributed by atoms with Gasteiger partial charge in [-0.05, 0) is 49.9 Å². The number of carbonyl (C=O) groups excluding carboxylic acids is 2. The average Bonchev–Trinajstić information content (AvgIpc) is 3.15. The molecule has 0 bridgehead atoms. The van der Waals surface area contributed by atoms with Crippen molar-refractivity contribution in [3.05, 3.63) is 52.4 Å². The number of fused-ring (bicyclic) bond motifs is 1. The highest BCUT2D eigenvalue weighted by atomic mass is 35.5. The molecule has 2 fully saturated rings. The van der Waals surface area contributed by atoms with E-state index in [1.54, 1.807) is 12.3 Å². The van der Waals surface area contributed by atoms with Crippen LogP contribution in [0.25, 0.3) is 28.2 Å². The van der Waals surface area contributed by atoms with Gasteiger partial charge in [0, 0.05) is 43.2 Å². The van der Waals surface area contributed by atoms with Crippen molar-refractivity contribution in [3.63, 3.8) is 0 Å². The first kappa shape index (κ1) is 22.8. The Balaban J connectivity index is 1.46. The van der Waals surface area contributed by atoms with Crippen LogP contribution in [0.3, 0.4) is 0 Å². The maximum absolute atomic E-state index is 11.9. The number of aromatic nitrogens is 3. The molecule has 1 aromatic carbocycles. The molecule has 1 N–H and O–H groups in total. The monoisotopic (exact) mass is 494 g/mol. The molecule has 2 aliphatic rings. The molecule has 0 atom stereocenters. The number of thioether (sulfide) groups is 1. The van der Waals surface area contributed by atoms with Gasteiger partial charge in [0.25, 0.3) is 11.1 Å². The van der Waals surface area contributed by atoms with Gasteiger partial charge < -0.3 is 4.90 Å². The number of anilines is 1. The third-order valence-electron chi connectivity index (χ3n) is 6.07. The Labute approximate surface area is 206 Å². The summed E-state index contributed by atoms with van der Waals surface area (Å²) in [4.78, 5) is 41.7. The van der Waals surface area contributed by atoms with Crippen LogP contribution in [0.2, 0.25) is 5.02 Å². The fourth-order valence-corrected chi connectivity index (χ4v) is 5.20. The molecule has 0 radical (unpaired) electrons. The van der Waals surface area contributed by atoms with Crippen LogP contribution in [0.1, 0.15) is 19.5 Å². The molecule has 2 aromatic heterocycles. The number of nitrogens with zero attached hydrogens (tertiary/aromatic N) is 5. The zero-order valence-corrected chi connectivity index (χ0v) is 20.4. The Morgan fingerprint density at radius 1 is 1.09 bits per heavy atom. The number of hydrogen-bond donors (Lipinski definition) is 1. The van der Waals surface area contributed by atoms with Crippen molar-refractivity contribution in [1.82, 2.24) is 25.2 Å². The fraction of sp³-hybridized carbons (Fsp3) is 0.292. The van der Waals surface area contributed by atoms with Crippen molar-refractivity contribution in [2.75, 3.05) is 31.1 Å². The third-order valence-corrected chi connectivity index (χ3v) is 7.18. The molecule has 4 heterocycles. The van der Waals surface area contributed by atoms with Crippen LogP contribution in [0, 0.1) is 0 Å². The van der Waals surface area contributed by atoms with Crippen LogP contribution >= 0.6 is 23.4 Å². The number of nitrogens with one attached hydrogen (secondary N) is 1. The maximum Gasteiger partial charge on any atom is 0.290 e. The summed E-state index contributed by atoms with van der Waals surface area (Å²) in [6.07, 6.45) is 4.73. The van der Waals surface area contributed by atoms with Gasteiger partial charge >= 0.3 is 0 Å². The molecular weight excluding hydrogens is 472 g/mol. The SMILES string of the molecule is CC(C)N1CCN(c2ccc(-c3ncnc4cnc(C=C5SC(=O)NC5=O)cc34)cc2Cl)CC1. The first-order valence-electron chi connectivity index (χ1n) is 11.0. The summed E-state index contributed by atoms with van der Waals surface area (Å²) in [7, 11) is 0. The Bertz CT molecular complexity index is 1320.